The van der Waals surface area contributed by atoms with Crippen LogP contribution in [0, 0.1) is 0 Å². The molecule has 0 radical (unpaired) electrons. The van der Waals surface area contributed by atoms with E-state index in [-0.39, 0.29) is 12.2 Å². The van der Waals surface area contributed by atoms with Crippen LogP contribution in [0.4, 0.5) is 0 Å². The maximum absolute atomic E-state index is 6.09. The molecule has 1 aromatic heterocycles. The Morgan fingerprint density at radius 1 is 1.14 bits per heavy atom. The molecule has 1 aliphatic carbocycles. The summed E-state index contributed by atoms with van der Waals surface area (Å²) >= 11 is 0. The van der Waals surface area contributed by atoms with Crippen LogP contribution in [-0.2, 0) is 11.3 Å². The van der Waals surface area contributed by atoms with Gasteiger partial charge in [0.25, 0.3) is 0 Å². The van der Waals surface area contributed by atoms with Crippen LogP contribution >= 0.6 is 0 Å². The van der Waals surface area contributed by atoms with Gasteiger partial charge in [0, 0.05) is 19.0 Å². The highest BCUT2D eigenvalue weighted by Crippen LogP contribution is 2.39. The third-order valence-electron chi connectivity index (χ3n) is 4.28. The predicted molar refractivity (Wildman–Crippen MR) is 81.3 cm³/mol. The number of benzene rings is 1. The molecule has 5 nitrogen and oxygen atoms in total. The number of nitrogens with zero attached hydrogens (tertiary/aromatic N) is 3. The van der Waals surface area contributed by atoms with Crippen LogP contribution in [0.5, 0.6) is 0 Å². The molecule has 1 aromatic carbocycles. The van der Waals surface area contributed by atoms with Crippen molar-refractivity contribution in [2.75, 3.05) is 13.1 Å². The van der Waals surface area contributed by atoms with E-state index in [0.717, 1.165) is 24.9 Å². The molecule has 2 aromatic rings. The zero-order chi connectivity index (χ0) is 14.9. The van der Waals surface area contributed by atoms with Gasteiger partial charge in [-0.05, 0) is 25.3 Å². The molecule has 4 rings (SSSR count). The van der Waals surface area contributed by atoms with Crippen molar-refractivity contribution in [1.82, 2.24) is 15.1 Å². The molecule has 22 heavy (non-hydrogen) atoms. The lowest BCUT2D eigenvalue weighted by Crippen LogP contribution is -2.42. The Morgan fingerprint density at radius 2 is 1.95 bits per heavy atom. The van der Waals surface area contributed by atoms with Gasteiger partial charge in [0.15, 0.2) is 0 Å². The Morgan fingerprint density at radius 3 is 2.73 bits per heavy atom. The van der Waals surface area contributed by atoms with Crippen molar-refractivity contribution in [2.24, 2.45) is 0 Å². The van der Waals surface area contributed by atoms with E-state index in [1.165, 1.54) is 18.4 Å². The van der Waals surface area contributed by atoms with Crippen LogP contribution in [0.1, 0.15) is 49.1 Å². The molecule has 0 N–H and O–H groups in total. The van der Waals surface area contributed by atoms with Crippen LogP contribution in [0.3, 0.4) is 0 Å². The molecule has 2 aliphatic rings. The van der Waals surface area contributed by atoms with Crippen LogP contribution in [-0.4, -0.2) is 34.3 Å². The lowest BCUT2D eigenvalue weighted by atomic mass is 10.1. The molecule has 116 valence electrons. The summed E-state index contributed by atoms with van der Waals surface area (Å²) in [6.07, 6.45) is 2.68. The minimum Gasteiger partial charge on any atom is -0.424 e. The van der Waals surface area contributed by atoms with Gasteiger partial charge in [0.2, 0.25) is 11.8 Å². The first-order chi connectivity index (χ1) is 10.8. The first-order valence-corrected chi connectivity index (χ1v) is 8.03. The van der Waals surface area contributed by atoms with Crippen molar-refractivity contribution in [3.05, 3.63) is 47.7 Å². The summed E-state index contributed by atoms with van der Waals surface area (Å²) in [5, 5.41) is 8.36. The first-order valence-electron chi connectivity index (χ1n) is 8.03. The van der Waals surface area contributed by atoms with Gasteiger partial charge in [-0.25, -0.2) is 0 Å². The molecule has 0 amide bonds. The topological polar surface area (TPSA) is 51.4 Å². The van der Waals surface area contributed by atoms with E-state index >= 15 is 0 Å². The molecule has 0 spiro atoms. The summed E-state index contributed by atoms with van der Waals surface area (Å²) < 4.78 is 11.9. The molecule has 2 atom stereocenters. The molecule has 2 fully saturated rings. The maximum atomic E-state index is 6.09. The Hall–Kier alpha value is -1.72. The highest BCUT2D eigenvalue weighted by atomic mass is 16.5. The standard InChI is InChI=1S/C17H21N3O2/c1-12-9-20(10-15(21-12)13-5-3-2-4-6-13)11-16-18-19-17(22-16)14-7-8-14/h2-6,12,14-15H,7-11H2,1H3/t12-,15-/m0/s1. The van der Waals surface area contributed by atoms with Gasteiger partial charge in [-0.2, -0.15) is 0 Å². The lowest BCUT2D eigenvalue weighted by molar-refractivity contribution is -0.0830. The van der Waals surface area contributed by atoms with Gasteiger partial charge in [-0.1, -0.05) is 30.3 Å². The molecule has 0 unspecified atom stereocenters. The van der Waals surface area contributed by atoms with Gasteiger partial charge in [0.05, 0.1) is 18.8 Å². The number of aromatic nitrogens is 2. The van der Waals surface area contributed by atoms with Gasteiger partial charge >= 0.3 is 0 Å². The van der Waals surface area contributed by atoms with E-state index in [1.54, 1.807) is 0 Å². The summed E-state index contributed by atoms with van der Waals surface area (Å²) in [4.78, 5) is 2.34. The summed E-state index contributed by atoms with van der Waals surface area (Å²) in [6, 6.07) is 10.4. The second-order valence-corrected chi connectivity index (χ2v) is 6.35. The third kappa shape index (κ3) is 3.05. The van der Waals surface area contributed by atoms with E-state index in [4.69, 9.17) is 9.15 Å². The number of hydrogen-bond acceptors (Lipinski definition) is 5. The Balaban J connectivity index is 1.44. The zero-order valence-corrected chi connectivity index (χ0v) is 12.8. The van der Waals surface area contributed by atoms with Crippen molar-refractivity contribution >= 4 is 0 Å². The largest absolute Gasteiger partial charge is 0.424 e. The minimum atomic E-state index is 0.107. The lowest BCUT2D eigenvalue weighted by Gasteiger charge is -2.36. The molecule has 1 saturated heterocycles. The third-order valence-corrected chi connectivity index (χ3v) is 4.28. The van der Waals surface area contributed by atoms with Crippen molar-refractivity contribution in [1.29, 1.82) is 0 Å². The average molecular weight is 299 g/mol. The number of hydrogen-bond donors (Lipinski definition) is 0. The summed E-state index contributed by atoms with van der Waals surface area (Å²) in [5.41, 5.74) is 1.23. The fourth-order valence-corrected chi connectivity index (χ4v) is 3.04. The van der Waals surface area contributed by atoms with E-state index in [2.05, 4.69) is 46.3 Å². The highest BCUT2D eigenvalue weighted by Gasteiger charge is 2.31. The molecule has 0 bridgehead atoms. The van der Waals surface area contributed by atoms with Crippen molar-refractivity contribution in [3.63, 3.8) is 0 Å². The van der Waals surface area contributed by atoms with Crippen molar-refractivity contribution in [2.45, 2.75) is 44.4 Å². The SMILES string of the molecule is C[C@H]1CN(Cc2nnc(C3CC3)o2)C[C@@H](c2ccccc2)O1. The predicted octanol–water partition coefficient (Wildman–Crippen LogP) is 2.91. The molecule has 1 saturated carbocycles. The van der Waals surface area contributed by atoms with Crippen molar-refractivity contribution in [3.8, 4) is 0 Å². The van der Waals surface area contributed by atoms with E-state index in [0.29, 0.717) is 12.5 Å². The molecule has 1 aliphatic heterocycles. The fourth-order valence-electron chi connectivity index (χ4n) is 3.04. The second-order valence-electron chi connectivity index (χ2n) is 6.35. The molecular formula is C17H21N3O2. The minimum absolute atomic E-state index is 0.107. The van der Waals surface area contributed by atoms with Gasteiger partial charge in [0.1, 0.15) is 0 Å². The summed E-state index contributed by atoms with van der Waals surface area (Å²) in [6.45, 7) is 4.57. The van der Waals surface area contributed by atoms with Crippen LogP contribution < -0.4 is 0 Å². The number of ether oxygens (including phenoxy) is 1. The Bertz CT molecular complexity index is 624. The number of morpholine rings is 1. The number of rotatable bonds is 4. The van der Waals surface area contributed by atoms with Crippen LogP contribution in [0.25, 0.3) is 0 Å². The van der Waals surface area contributed by atoms with Crippen LogP contribution in [0.2, 0.25) is 0 Å². The quantitative estimate of drug-likeness (QED) is 0.869. The summed E-state index contributed by atoms with van der Waals surface area (Å²) in [5.74, 6) is 2.06. The Labute approximate surface area is 130 Å². The van der Waals surface area contributed by atoms with Crippen LogP contribution in [0.15, 0.2) is 34.7 Å². The fraction of sp³-hybridized carbons (Fsp3) is 0.529. The smallest absolute Gasteiger partial charge is 0.230 e. The zero-order valence-electron chi connectivity index (χ0n) is 12.8. The van der Waals surface area contributed by atoms with Gasteiger partial charge < -0.3 is 9.15 Å². The first kappa shape index (κ1) is 13.9. The van der Waals surface area contributed by atoms with E-state index in [1.807, 2.05) is 6.07 Å². The van der Waals surface area contributed by atoms with E-state index in [9.17, 15) is 0 Å². The van der Waals surface area contributed by atoms with Gasteiger partial charge in [-0.15, -0.1) is 10.2 Å². The normalized spacial score (nSPS) is 26.2. The maximum Gasteiger partial charge on any atom is 0.230 e. The molecular weight excluding hydrogens is 278 g/mol. The van der Waals surface area contributed by atoms with E-state index < -0.39 is 0 Å². The second kappa shape index (κ2) is 5.82. The van der Waals surface area contributed by atoms with Crippen molar-refractivity contribution < 1.29 is 9.15 Å². The Kier molecular flexibility index (Phi) is 3.68. The molecule has 5 heteroatoms. The monoisotopic (exact) mass is 299 g/mol. The average Bonchev–Trinajstić information content (AvgIpc) is 3.28. The summed E-state index contributed by atoms with van der Waals surface area (Å²) in [7, 11) is 0. The molecule has 2 heterocycles. The highest BCUT2D eigenvalue weighted by molar-refractivity contribution is 5.18. The van der Waals surface area contributed by atoms with Gasteiger partial charge in [-0.3, -0.25) is 4.90 Å².